The van der Waals surface area contributed by atoms with Crippen LogP contribution >= 0.6 is 0 Å². The molecule has 0 aliphatic heterocycles. The molecule has 0 heterocycles. The predicted octanol–water partition coefficient (Wildman–Crippen LogP) is 1.62. The normalized spacial score (nSPS) is 14.2. The van der Waals surface area contributed by atoms with E-state index in [0.717, 1.165) is 6.42 Å². The zero-order valence-corrected chi connectivity index (χ0v) is 7.46. The van der Waals surface area contributed by atoms with Gasteiger partial charge in [-0.25, -0.2) is 0 Å². The van der Waals surface area contributed by atoms with Crippen LogP contribution in [0.25, 0.3) is 0 Å². The van der Waals surface area contributed by atoms with Gasteiger partial charge in [0.2, 0.25) is 0 Å². The Bertz CT molecular complexity index is 97.4. The molecule has 0 fully saturated rings. The molecule has 0 rings (SSSR count). The van der Waals surface area contributed by atoms with Gasteiger partial charge in [0.05, 0.1) is 0 Å². The van der Waals surface area contributed by atoms with E-state index in [4.69, 9.17) is 0 Å². The molecule has 0 aromatic heterocycles. The van der Waals surface area contributed by atoms with Crippen molar-refractivity contribution in [1.82, 2.24) is 4.90 Å². The summed E-state index contributed by atoms with van der Waals surface area (Å²) < 4.78 is 0. The summed E-state index contributed by atoms with van der Waals surface area (Å²) in [7, 11) is 4.06. The van der Waals surface area contributed by atoms with E-state index >= 15 is 0 Å². The number of nitrogens with zero attached hydrogens (tertiary/aromatic N) is 2. The molecule has 0 N–H and O–H groups in total. The van der Waals surface area contributed by atoms with Gasteiger partial charge in [-0.1, -0.05) is 13.8 Å². The quantitative estimate of drug-likeness (QED) is 0.545. The monoisotopic (exact) mass is 142 g/mol. The molecule has 0 unspecified atom stereocenters. The molecule has 60 valence electrons. The van der Waals surface area contributed by atoms with Crippen molar-refractivity contribution >= 4 is 6.72 Å². The first-order valence-electron chi connectivity index (χ1n) is 3.70. The van der Waals surface area contributed by atoms with Gasteiger partial charge in [0, 0.05) is 0 Å². The van der Waals surface area contributed by atoms with Crippen LogP contribution in [0.3, 0.4) is 0 Å². The molecular formula is C8H18N2. The molecule has 0 spiro atoms. The van der Waals surface area contributed by atoms with Crippen molar-refractivity contribution in [2.45, 2.75) is 26.4 Å². The first-order valence-corrected chi connectivity index (χ1v) is 3.70. The van der Waals surface area contributed by atoms with Gasteiger partial charge < -0.3 is 0 Å². The molecule has 1 atom stereocenters. The van der Waals surface area contributed by atoms with Gasteiger partial charge in [0.25, 0.3) is 0 Å². The minimum atomic E-state index is 0.292. The first-order chi connectivity index (χ1) is 4.57. The van der Waals surface area contributed by atoms with E-state index in [1.54, 1.807) is 0 Å². The molecule has 10 heavy (non-hydrogen) atoms. The topological polar surface area (TPSA) is 15.6 Å². The van der Waals surface area contributed by atoms with Gasteiger partial charge in [-0.2, -0.15) is 0 Å². The lowest BCUT2D eigenvalue weighted by atomic mass is 10.1. The lowest BCUT2D eigenvalue weighted by molar-refractivity contribution is 0.265. The number of hydrogen-bond donors (Lipinski definition) is 0. The predicted molar refractivity (Wildman–Crippen MR) is 46.5 cm³/mol. The van der Waals surface area contributed by atoms with E-state index < -0.39 is 0 Å². The fraction of sp³-hybridized carbons (Fsp3) is 0.875. The Morgan fingerprint density at radius 1 is 1.40 bits per heavy atom. The number of rotatable bonds is 4. The standard InChI is InChI=1S/C8H18N2/c1-7(2)6-8(9-3)10(4)5/h7-8H,3,6H2,1-2,4-5H3/t8-/m0/s1. The zero-order chi connectivity index (χ0) is 8.15. The third-order valence-electron chi connectivity index (χ3n) is 1.49. The molecule has 0 aromatic carbocycles. The Kier molecular flexibility index (Phi) is 4.28. The van der Waals surface area contributed by atoms with Crippen molar-refractivity contribution in [2.24, 2.45) is 10.9 Å². The summed E-state index contributed by atoms with van der Waals surface area (Å²) in [6, 6.07) is 0. The summed E-state index contributed by atoms with van der Waals surface area (Å²) in [4.78, 5) is 6.09. The second-order valence-corrected chi connectivity index (χ2v) is 3.26. The zero-order valence-electron chi connectivity index (χ0n) is 7.46. The molecular weight excluding hydrogens is 124 g/mol. The fourth-order valence-corrected chi connectivity index (χ4v) is 0.870. The van der Waals surface area contributed by atoms with Crippen molar-refractivity contribution < 1.29 is 0 Å². The van der Waals surface area contributed by atoms with Crippen LogP contribution in [-0.4, -0.2) is 31.9 Å². The summed E-state index contributed by atoms with van der Waals surface area (Å²) in [5, 5.41) is 0. The van der Waals surface area contributed by atoms with Crippen molar-refractivity contribution in [3.63, 3.8) is 0 Å². The molecule has 0 saturated carbocycles. The molecule has 2 heteroatoms. The van der Waals surface area contributed by atoms with E-state index in [-0.39, 0.29) is 0 Å². The molecule has 0 aliphatic carbocycles. The number of hydrogen-bond acceptors (Lipinski definition) is 2. The average Bonchev–Trinajstić information content (AvgIpc) is 1.81. The molecule has 2 nitrogen and oxygen atoms in total. The van der Waals surface area contributed by atoms with Crippen molar-refractivity contribution in [2.75, 3.05) is 14.1 Å². The largest absolute Gasteiger partial charge is 0.288 e. The highest BCUT2D eigenvalue weighted by Gasteiger charge is 2.08. The minimum Gasteiger partial charge on any atom is -0.288 e. The van der Waals surface area contributed by atoms with Gasteiger partial charge in [0.1, 0.15) is 6.17 Å². The van der Waals surface area contributed by atoms with E-state index in [1.807, 2.05) is 14.1 Å². The second kappa shape index (κ2) is 4.45. The van der Waals surface area contributed by atoms with E-state index in [0.29, 0.717) is 12.1 Å². The molecule has 0 amide bonds. The van der Waals surface area contributed by atoms with Gasteiger partial charge in [-0.05, 0) is 33.2 Å². The smallest absolute Gasteiger partial charge is 0.101 e. The Balaban J connectivity index is 3.71. The Morgan fingerprint density at radius 2 is 1.90 bits per heavy atom. The molecule has 0 radical (unpaired) electrons. The maximum absolute atomic E-state index is 4.00. The van der Waals surface area contributed by atoms with Crippen LogP contribution < -0.4 is 0 Å². The van der Waals surface area contributed by atoms with Crippen molar-refractivity contribution in [3.8, 4) is 0 Å². The maximum Gasteiger partial charge on any atom is 0.101 e. The first kappa shape index (κ1) is 9.63. The Hall–Kier alpha value is -0.370. The molecule has 0 saturated heterocycles. The third-order valence-corrected chi connectivity index (χ3v) is 1.49. The van der Waals surface area contributed by atoms with Crippen LogP contribution in [0.15, 0.2) is 4.99 Å². The van der Waals surface area contributed by atoms with Crippen LogP contribution in [0.2, 0.25) is 0 Å². The lowest BCUT2D eigenvalue weighted by Crippen LogP contribution is -2.27. The molecule has 0 bridgehead atoms. The number of aliphatic imine (C=N–C) groups is 1. The highest BCUT2D eigenvalue weighted by molar-refractivity contribution is 5.23. The minimum absolute atomic E-state index is 0.292. The van der Waals surface area contributed by atoms with Crippen molar-refractivity contribution in [1.29, 1.82) is 0 Å². The van der Waals surface area contributed by atoms with Gasteiger partial charge in [0.15, 0.2) is 0 Å². The Labute approximate surface area is 63.9 Å². The summed E-state index contributed by atoms with van der Waals surface area (Å²) in [5.74, 6) is 0.692. The SMILES string of the molecule is C=N[C@H](CC(C)C)N(C)C. The third kappa shape index (κ3) is 3.62. The van der Waals surface area contributed by atoms with Gasteiger partial charge in [-0.3, -0.25) is 9.89 Å². The van der Waals surface area contributed by atoms with Crippen LogP contribution in [0.4, 0.5) is 0 Å². The van der Waals surface area contributed by atoms with E-state index in [2.05, 4.69) is 30.5 Å². The van der Waals surface area contributed by atoms with Crippen LogP contribution in [0.5, 0.6) is 0 Å². The second-order valence-electron chi connectivity index (χ2n) is 3.26. The van der Waals surface area contributed by atoms with Gasteiger partial charge >= 0.3 is 0 Å². The van der Waals surface area contributed by atoms with Crippen molar-refractivity contribution in [3.05, 3.63) is 0 Å². The highest BCUT2D eigenvalue weighted by atomic mass is 15.2. The summed E-state index contributed by atoms with van der Waals surface area (Å²) in [6.07, 6.45) is 1.39. The highest BCUT2D eigenvalue weighted by Crippen LogP contribution is 2.08. The molecule has 0 aromatic rings. The van der Waals surface area contributed by atoms with E-state index in [9.17, 15) is 0 Å². The summed E-state index contributed by atoms with van der Waals surface area (Å²) in [5.41, 5.74) is 0. The van der Waals surface area contributed by atoms with E-state index in [1.165, 1.54) is 0 Å². The summed E-state index contributed by atoms with van der Waals surface area (Å²) in [6.45, 7) is 7.94. The van der Waals surface area contributed by atoms with Gasteiger partial charge in [-0.15, -0.1) is 0 Å². The maximum atomic E-state index is 4.00. The Morgan fingerprint density at radius 3 is 2.00 bits per heavy atom. The fourth-order valence-electron chi connectivity index (χ4n) is 0.870. The van der Waals surface area contributed by atoms with Crippen LogP contribution in [0.1, 0.15) is 20.3 Å². The average molecular weight is 142 g/mol. The lowest BCUT2D eigenvalue weighted by Gasteiger charge is -2.21. The summed E-state index contributed by atoms with van der Waals surface area (Å²) >= 11 is 0. The molecule has 0 aliphatic rings. The van der Waals surface area contributed by atoms with Crippen LogP contribution in [-0.2, 0) is 0 Å². The van der Waals surface area contributed by atoms with Crippen LogP contribution in [0, 0.1) is 5.92 Å².